The molecule has 8 nitrogen and oxygen atoms in total. The van der Waals surface area contributed by atoms with Gasteiger partial charge in [0.2, 0.25) is 15.9 Å². The lowest BCUT2D eigenvalue weighted by Gasteiger charge is -2.30. The van der Waals surface area contributed by atoms with Gasteiger partial charge in [0.15, 0.2) is 16.6 Å². The zero-order valence-corrected chi connectivity index (χ0v) is 21.3. The molecule has 5 rings (SSSR count). The second kappa shape index (κ2) is 10.1. The summed E-state index contributed by atoms with van der Waals surface area (Å²) in [6, 6.07) is 11.0. The van der Waals surface area contributed by atoms with Gasteiger partial charge in [-0.05, 0) is 55.5 Å². The lowest BCUT2D eigenvalue weighted by atomic mass is 9.97. The van der Waals surface area contributed by atoms with Gasteiger partial charge < -0.3 is 14.8 Å². The molecule has 1 N–H and O–H groups in total. The Hall–Kier alpha value is -2.69. The van der Waals surface area contributed by atoms with Crippen molar-refractivity contribution in [2.45, 2.75) is 43.9 Å². The maximum Gasteiger partial charge on any atom is 0.243 e. The normalized spacial score (nSPS) is 16.9. The van der Waals surface area contributed by atoms with Crippen molar-refractivity contribution in [1.29, 1.82) is 0 Å². The summed E-state index contributed by atoms with van der Waals surface area (Å²) in [6.45, 7) is 3.60. The van der Waals surface area contributed by atoms with E-state index in [1.54, 1.807) is 12.1 Å². The van der Waals surface area contributed by atoms with E-state index >= 15 is 0 Å². The quantitative estimate of drug-likeness (QED) is 0.499. The molecule has 2 aliphatic rings. The molecule has 3 aromatic rings. The summed E-state index contributed by atoms with van der Waals surface area (Å²) in [5, 5.41) is 3.54. The second-order valence-corrected chi connectivity index (χ2v) is 11.9. The molecule has 0 atom stereocenters. The molecule has 0 bridgehead atoms. The van der Waals surface area contributed by atoms with Crippen molar-refractivity contribution < 1.29 is 22.7 Å². The summed E-state index contributed by atoms with van der Waals surface area (Å²) in [5.74, 6) is 0.637. The van der Waals surface area contributed by atoms with E-state index in [9.17, 15) is 13.2 Å². The van der Waals surface area contributed by atoms with Crippen LogP contribution in [0.4, 0.5) is 5.13 Å². The van der Waals surface area contributed by atoms with Crippen LogP contribution in [0.2, 0.25) is 0 Å². The maximum atomic E-state index is 13.2. The highest BCUT2D eigenvalue weighted by molar-refractivity contribution is 7.89. The predicted octanol–water partition coefficient (Wildman–Crippen LogP) is 4.45. The number of ether oxygens (including phenoxy) is 2. The third kappa shape index (κ3) is 5.14. The van der Waals surface area contributed by atoms with E-state index in [1.165, 1.54) is 27.3 Å². The van der Waals surface area contributed by atoms with Crippen molar-refractivity contribution >= 4 is 42.6 Å². The molecule has 10 heteroatoms. The number of carbonyl (C=O) groups excluding carboxylic acids is 1. The van der Waals surface area contributed by atoms with E-state index < -0.39 is 10.0 Å². The highest BCUT2D eigenvalue weighted by Gasteiger charge is 2.33. The summed E-state index contributed by atoms with van der Waals surface area (Å²) in [4.78, 5) is 17.6. The second-order valence-electron chi connectivity index (χ2n) is 8.90. The number of nitrogens with zero attached hydrogens (tertiary/aromatic N) is 2. The summed E-state index contributed by atoms with van der Waals surface area (Å²) < 4.78 is 39.8. The van der Waals surface area contributed by atoms with Crippen LogP contribution in [-0.2, 0) is 21.2 Å². The van der Waals surface area contributed by atoms with Crippen LogP contribution in [0, 0.1) is 5.92 Å². The molecular formula is C25H29N3O5S2. The Morgan fingerprint density at radius 3 is 2.66 bits per heavy atom. The molecule has 2 aliphatic heterocycles. The van der Waals surface area contributed by atoms with Gasteiger partial charge in [0.05, 0.1) is 15.1 Å². The van der Waals surface area contributed by atoms with Crippen LogP contribution in [0.15, 0.2) is 41.3 Å². The van der Waals surface area contributed by atoms with Crippen molar-refractivity contribution in [3.05, 3.63) is 42.0 Å². The summed E-state index contributed by atoms with van der Waals surface area (Å²) in [5.41, 5.74) is 2.17. The molecule has 1 aromatic heterocycles. The Bertz CT molecular complexity index is 1330. The van der Waals surface area contributed by atoms with Crippen LogP contribution in [0.3, 0.4) is 0 Å². The number of hydrogen-bond acceptors (Lipinski definition) is 7. The first-order chi connectivity index (χ1) is 16.9. The molecule has 0 radical (unpaired) electrons. The van der Waals surface area contributed by atoms with Gasteiger partial charge >= 0.3 is 0 Å². The van der Waals surface area contributed by atoms with Crippen molar-refractivity contribution in [2.24, 2.45) is 5.92 Å². The zero-order chi connectivity index (χ0) is 24.4. The number of nitrogens with one attached hydrogen (secondary N) is 1. The number of anilines is 1. The number of amides is 1. The van der Waals surface area contributed by atoms with Gasteiger partial charge in [-0.1, -0.05) is 30.7 Å². The average molecular weight is 516 g/mol. The highest BCUT2D eigenvalue weighted by Crippen LogP contribution is 2.34. The van der Waals surface area contributed by atoms with Gasteiger partial charge in [-0.2, -0.15) is 4.31 Å². The molecule has 0 aliphatic carbocycles. The fourth-order valence-electron chi connectivity index (χ4n) is 4.46. The molecule has 35 heavy (non-hydrogen) atoms. The Morgan fingerprint density at radius 1 is 1.11 bits per heavy atom. The third-order valence-corrected chi connectivity index (χ3v) is 9.31. The van der Waals surface area contributed by atoms with Crippen LogP contribution >= 0.6 is 11.3 Å². The lowest BCUT2D eigenvalue weighted by Crippen LogP contribution is -2.41. The number of thiazole rings is 1. The van der Waals surface area contributed by atoms with E-state index in [1.807, 2.05) is 6.07 Å². The van der Waals surface area contributed by atoms with Crippen molar-refractivity contribution in [3.8, 4) is 11.5 Å². The average Bonchev–Trinajstić information content (AvgIpc) is 3.28. The fraction of sp³-hybridized carbons (Fsp3) is 0.440. The molecule has 186 valence electrons. The Labute approximate surface area is 209 Å². The van der Waals surface area contributed by atoms with E-state index in [-0.39, 0.29) is 29.8 Å². The molecule has 2 aromatic carbocycles. The summed E-state index contributed by atoms with van der Waals surface area (Å²) >= 11 is 1.48. The minimum atomic E-state index is -3.68. The van der Waals surface area contributed by atoms with Gasteiger partial charge in [0, 0.05) is 25.1 Å². The standard InChI is InChI=1S/C25H29N3O5S2/c1-2-3-4-17-5-7-20-23(15-17)34-25(26-20)27-24(29)18-9-11-28(12-10-18)35(30,31)19-6-8-21-22(16-19)33-14-13-32-21/h5-8,15-16,18H,2-4,9-14H2,1H3,(H,26,27,29). The third-order valence-electron chi connectivity index (χ3n) is 6.48. The van der Waals surface area contributed by atoms with Crippen LogP contribution in [0.25, 0.3) is 10.2 Å². The van der Waals surface area contributed by atoms with Crippen molar-refractivity contribution in [1.82, 2.24) is 9.29 Å². The number of aromatic nitrogens is 1. The number of fused-ring (bicyclic) bond motifs is 2. The van der Waals surface area contributed by atoms with Crippen molar-refractivity contribution in [3.63, 3.8) is 0 Å². The first-order valence-electron chi connectivity index (χ1n) is 12.0. The van der Waals surface area contributed by atoms with Gasteiger partial charge in [0.25, 0.3) is 0 Å². The van der Waals surface area contributed by atoms with Crippen LogP contribution in [0.1, 0.15) is 38.2 Å². The van der Waals surface area contributed by atoms with E-state index in [4.69, 9.17) is 9.47 Å². The molecular weight excluding hydrogens is 486 g/mol. The number of sulfonamides is 1. The molecule has 1 saturated heterocycles. The molecule has 0 saturated carbocycles. The molecule has 0 unspecified atom stereocenters. The Balaban J connectivity index is 1.20. The Kier molecular flexibility index (Phi) is 6.95. The largest absolute Gasteiger partial charge is 0.486 e. The van der Waals surface area contributed by atoms with E-state index in [2.05, 4.69) is 29.4 Å². The van der Waals surface area contributed by atoms with Crippen LogP contribution in [-0.4, -0.2) is 49.9 Å². The van der Waals surface area contributed by atoms with Crippen LogP contribution in [0.5, 0.6) is 11.5 Å². The van der Waals surface area contributed by atoms with Gasteiger partial charge in [-0.3, -0.25) is 4.79 Å². The number of hydrogen-bond donors (Lipinski definition) is 1. The minimum absolute atomic E-state index is 0.105. The fourth-order valence-corrected chi connectivity index (χ4v) is 6.88. The zero-order valence-electron chi connectivity index (χ0n) is 19.7. The molecule has 1 fully saturated rings. The first-order valence-corrected chi connectivity index (χ1v) is 14.3. The first kappa shape index (κ1) is 24.0. The summed E-state index contributed by atoms with van der Waals surface area (Å²) in [7, 11) is -3.68. The SMILES string of the molecule is CCCCc1ccc2nc(NC(=O)C3CCN(S(=O)(=O)c4ccc5c(c4)OCCO5)CC3)sc2c1. The highest BCUT2D eigenvalue weighted by atomic mass is 32.2. The maximum absolute atomic E-state index is 13.2. The van der Waals surface area contributed by atoms with Crippen LogP contribution < -0.4 is 14.8 Å². The van der Waals surface area contributed by atoms with E-state index in [0.29, 0.717) is 42.7 Å². The number of carbonyl (C=O) groups is 1. The summed E-state index contributed by atoms with van der Waals surface area (Å²) in [6.07, 6.45) is 4.26. The number of rotatable bonds is 7. The number of piperidine rings is 1. The number of unbranched alkanes of at least 4 members (excludes halogenated alkanes) is 1. The van der Waals surface area contributed by atoms with Gasteiger partial charge in [-0.25, -0.2) is 13.4 Å². The smallest absolute Gasteiger partial charge is 0.243 e. The van der Waals surface area contributed by atoms with E-state index in [0.717, 1.165) is 29.5 Å². The molecule has 0 spiro atoms. The van der Waals surface area contributed by atoms with Gasteiger partial charge in [0.1, 0.15) is 13.2 Å². The predicted molar refractivity (Wildman–Crippen MR) is 136 cm³/mol. The molecule has 1 amide bonds. The number of benzene rings is 2. The monoisotopic (exact) mass is 515 g/mol. The Morgan fingerprint density at radius 2 is 1.89 bits per heavy atom. The van der Waals surface area contributed by atoms with Crippen molar-refractivity contribution in [2.75, 3.05) is 31.6 Å². The minimum Gasteiger partial charge on any atom is -0.486 e. The number of aryl methyl sites for hydroxylation is 1. The molecule has 3 heterocycles. The van der Waals surface area contributed by atoms with Gasteiger partial charge in [-0.15, -0.1) is 0 Å². The topological polar surface area (TPSA) is 97.8 Å². The lowest BCUT2D eigenvalue weighted by molar-refractivity contribution is -0.120.